The number of methoxy groups -OCH3 is 1. The van der Waals surface area contributed by atoms with Crippen LogP contribution in [0.15, 0.2) is 30.3 Å². The van der Waals surface area contributed by atoms with Crippen LogP contribution in [0.4, 0.5) is 0 Å². The first-order valence-electron chi connectivity index (χ1n) is 9.22. The average molecular weight is 374 g/mol. The zero-order valence-electron chi connectivity index (χ0n) is 15.5. The third-order valence-corrected chi connectivity index (χ3v) is 4.59. The number of carbonyl (C=O) groups excluding carboxylic acids is 4. The maximum atomic E-state index is 12.7. The van der Waals surface area contributed by atoms with Gasteiger partial charge in [0.2, 0.25) is 11.8 Å². The summed E-state index contributed by atoms with van der Waals surface area (Å²) in [5, 5.41) is 5.45. The molecule has 146 valence electrons. The third-order valence-electron chi connectivity index (χ3n) is 4.59. The summed E-state index contributed by atoms with van der Waals surface area (Å²) >= 11 is 0. The van der Waals surface area contributed by atoms with Gasteiger partial charge in [0.1, 0.15) is 6.04 Å². The summed E-state index contributed by atoms with van der Waals surface area (Å²) in [6.07, 6.45) is 3.03. The molecule has 1 aliphatic rings. The Morgan fingerprint density at radius 1 is 1.15 bits per heavy atom. The van der Waals surface area contributed by atoms with Crippen molar-refractivity contribution in [2.24, 2.45) is 0 Å². The summed E-state index contributed by atoms with van der Waals surface area (Å²) in [4.78, 5) is 48.1. The van der Waals surface area contributed by atoms with Crippen molar-refractivity contribution >= 4 is 23.6 Å². The number of Topliss-reactive ketones (excluding diaryl/α,β-unsaturated/α-hetero) is 1. The van der Waals surface area contributed by atoms with Gasteiger partial charge in [-0.1, -0.05) is 36.8 Å². The Morgan fingerprint density at radius 2 is 1.89 bits per heavy atom. The maximum Gasteiger partial charge on any atom is 0.306 e. The Morgan fingerprint density at radius 3 is 2.56 bits per heavy atom. The van der Waals surface area contributed by atoms with Crippen molar-refractivity contribution in [3.05, 3.63) is 35.9 Å². The quantitative estimate of drug-likeness (QED) is 0.668. The van der Waals surface area contributed by atoms with Crippen molar-refractivity contribution in [3.63, 3.8) is 0 Å². The van der Waals surface area contributed by atoms with E-state index in [2.05, 4.69) is 15.4 Å². The van der Waals surface area contributed by atoms with E-state index in [0.717, 1.165) is 18.4 Å². The highest BCUT2D eigenvalue weighted by Crippen LogP contribution is 2.15. The molecule has 0 spiro atoms. The lowest BCUT2D eigenvalue weighted by Crippen LogP contribution is -2.53. The van der Waals surface area contributed by atoms with Gasteiger partial charge >= 0.3 is 5.97 Å². The SMILES string of the molecule is COC(=O)CCC(=O)N[C@@H](Cc1ccccc1)C(=O)NC1CCCCC1=O. The molecule has 0 aromatic heterocycles. The summed E-state index contributed by atoms with van der Waals surface area (Å²) in [5.74, 6) is -1.25. The van der Waals surface area contributed by atoms with Crippen LogP contribution in [0.25, 0.3) is 0 Å². The van der Waals surface area contributed by atoms with E-state index in [1.54, 1.807) is 0 Å². The van der Waals surface area contributed by atoms with Crippen LogP contribution in [-0.4, -0.2) is 42.8 Å². The Hall–Kier alpha value is -2.70. The molecular formula is C20H26N2O5. The van der Waals surface area contributed by atoms with Crippen molar-refractivity contribution in [2.75, 3.05) is 7.11 Å². The first-order chi connectivity index (χ1) is 13.0. The molecule has 7 heteroatoms. The van der Waals surface area contributed by atoms with E-state index < -0.39 is 24.0 Å². The van der Waals surface area contributed by atoms with Crippen molar-refractivity contribution in [3.8, 4) is 0 Å². The lowest BCUT2D eigenvalue weighted by molar-refractivity contribution is -0.142. The van der Waals surface area contributed by atoms with E-state index in [4.69, 9.17) is 0 Å². The number of benzene rings is 1. The number of nitrogens with one attached hydrogen (secondary N) is 2. The van der Waals surface area contributed by atoms with Crippen molar-refractivity contribution < 1.29 is 23.9 Å². The standard InChI is InChI=1S/C20H26N2O5/c1-27-19(25)12-11-18(24)21-16(13-14-7-3-2-4-8-14)20(26)22-15-9-5-6-10-17(15)23/h2-4,7-8,15-16H,5-6,9-13H2,1H3,(H,21,24)(H,22,26)/t15?,16-/m0/s1. The van der Waals surface area contributed by atoms with Gasteiger partial charge in [-0.25, -0.2) is 0 Å². The lowest BCUT2D eigenvalue weighted by atomic mass is 9.93. The predicted octanol–water partition coefficient (Wildman–Crippen LogP) is 1.29. The van der Waals surface area contributed by atoms with Crippen LogP contribution in [0.2, 0.25) is 0 Å². The Labute approximate surface area is 158 Å². The van der Waals surface area contributed by atoms with Crippen LogP contribution < -0.4 is 10.6 Å². The van der Waals surface area contributed by atoms with E-state index in [9.17, 15) is 19.2 Å². The van der Waals surface area contributed by atoms with E-state index in [0.29, 0.717) is 19.3 Å². The smallest absolute Gasteiger partial charge is 0.306 e. The van der Waals surface area contributed by atoms with Crippen molar-refractivity contribution in [2.45, 2.75) is 57.0 Å². The summed E-state index contributed by atoms with van der Waals surface area (Å²) < 4.78 is 4.53. The van der Waals surface area contributed by atoms with Crippen molar-refractivity contribution in [1.29, 1.82) is 0 Å². The van der Waals surface area contributed by atoms with Gasteiger partial charge in [-0.15, -0.1) is 0 Å². The summed E-state index contributed by atoms with van der Waals surface area (Å²) in [7, 11) is 1.26. The third kappa shape index (κ3) is 6.84. The minimum absolute atomic E-state index is 0.0325. The fourth-order valence-corrected chi connectivity index (χ4v) is 3.05. The molecule has 1 aromatic rings. The Balaban J connectivity index is 2.01. The summed E-state index contributed by atoms with van der Waals surface area (Å²) in [5.41, 5.74) is 0.890. The van der Waals surface area contributed by atoms with Crippen LogP contribution in [0.3, 0.4) is 0 Å². The Kier molecular flexibility index (Phi) is 7.98. The molecule has 0 radical (unpaired) electrons. The molecule has 1 fully saturated rings. The minimum atomic E-state index is -0.813. The molecule has 2 N–H and O–H groups in total. The maximum absolute atomic E-state index is 12.7. The average Bonchev–Trinajstić information content (AvgIpc) is 2.68. The summed E-state index contributed by atoms with van der Waals surface area (Å²) in [6.45, 7) is 0. The van der Waals surface area contributed by atoms with Crippen molar-refractivity contribution in [1.82, 2.24) is 10.6 Å². The first-order valence-corrected chi connectivity index (χ1v) is 9.22. The van der Waals surface area contributed by atoms with Crippen LogP contribution in [-0.2, 0) is 30.3 Å². The fourth-order valence-electron chi connectivity index (χ4n) is 3.05. The number of hydrogen-bond donors (Lipinski definition) is 2. The van der Waals surface area contributed by atoms with Gasteiger partial charge in [-0.2, -0.15) is 0 Å². The molecule has 2 amide bonds. The molecule has 1 unspecified atom stereocenters. The van der Waals surface area contributed by atoms with Crippen LogP contribution in [0.5, 0.6) is 0 Å². The number of carbonyl (C=O) groups is 4. The lowest BCUT2D eigenvalue weighted by Gasteiger charge is -2.25. The zero-order chi connectivity index (χ0) is 19.6. The fraction of sp³-hybridized carbons (Fsp3) is 0.500. The van der Waals surface area contributed by atoms with E-state index in [1.165, 1.54) is 7.11 Å². The molecule has 0 saturated heterocycles. The van der Waals surface area contributed by atoms with Gasteiger partial charge in [0.05, 0.1) is 19.6 Å². The molecule has 0 bridgehead atoms. The minimum Gasteiger partial charge on any atom is -0.469 e. The number of rotatable bonds is 8. The highest BCUT2D eigenvalue weighted by molar-refractivity contribution is 5.93. The second-order valence-corrected chi connectivity index (χ2v) is 6.66. The van der Waals surface area contributed by atoms with Gasteiger partial charge in [-0.3, -0.25) is 19.2 Å². The highest BCUT2D eigenvalue weighted by Gasteiger charge is 2.28. The normalized spacial score (nSPS) is 17.7. The van der Waals surface area contributed by atoms with E-state index in [-0.39, 0.29) is 24.5 Å². The predicted molar refractivity (Wildman–Crippen MR) is 98.7 cm³/mol. The van der Waals surface area contributed by atoms with E-state index >= 15 is 0 Å². The topological polar surface area (TPSA) is 102 Å². The number of ether oxygens (including phenoxy) is 1. The molecule has 7 nitrogen and oxygen atoms in total. The molecular weight excluding hydrogens is 348 g/mol. The molecule has 2 atom stereocenters. The van der Waals surface area contributed by atoms with Gasteiger partial charge in [0, 0.05) is 19.3 Å². The number of amides is 2. The zero-order valence-corrected chi connectivity index (χ0v) is 15.5. The number of esters is 1. The van der Waals surface area contributed by atoms with Crippen LogP contribution in [0, 0.1) is 0 Å². The van der Waals surface area contributed by atoms with Crippen LogP contribution in [0.1, 0.15) is 44.1 Å². The largest absolute Gasteiger partial charge is 0.469 e. The molecule has 0 aliphatic heterocycles. The second-order valence-electron chi connectivity index (χ2n) is 6.66. The first kappa shape index (κ1) is 20.6. The summed E-state index contributed by atoms with van der Waals surface area (Å²) in [6, 6.07) is 8.01. The molecule has 1 aliphatic carbocycles. The van der Waals surface area contributed by atoms with Gasteiger partial charge in [-0.05, 0) is 18.4 Å². The van der Waals surface area contributed by atoms with Crippen LogP contribution >= 0.6 is 0 Å². The van der Waals surface area contributed by atoms with Gasteiger partial charge < -0.3 is 15.4 Å². The molecule has 1 aromatic carbocycles. The molecule has 0 heterocycles. The Bertz CT molecular complexity index is 674. The molecule has 27 heavy (non-hydrogen) atoms. The number of hydrogen-bond acceptors (Lipinski definition) is 5. The van der Waals surface area contributed by atoms with E-state index in [1.807, 2.05) is 30.3 Å². The van der Waals surface area contributed by atoms with Gasteiger partial charge in [0.25, 0.3) is 0 Å². The number of ketones is 1. The van der Waals surface area contributed by atoms with Gasteiger partial charge in [0.15, 0.2) is 5.78 Å². The monoisotopic (exact) mass is 374 g/mol. The molecule has 1 saturated carbocycles. The second kappa shape index (κ2) is 10.4. The molecule has 2 rings (SSSR count). The highest BCUT2D eigenvalue weighted by atomic mass is 16.5.